The second kappa shape index (κ2) is 9.27. The maximum atomic E-state index is 12.3. The fourth-order valence-electron chi connectivity index (χ4n) is 1.90. The van der Waals surface area contributed by atoms with Crippen molar-refractivity contribution in [3.63, 3.8) is 0 Å². The molecule has 0 bridgehead atoms. The highest BCUT2D eigenvalue weighted by molar-refractivity contribution is 5.70. The highest BCUT2D eigenvalue weighted by Gasteiger charge is 2.22. The Morgan fingerprint density at radius 3 is 2.16 bits per heavy atom. The van der Waals surface area contributed by atoms with Crippen LogP contribution in [0.5, 0.6) is 5.75 Å². The number of hydrogen-bond acceptors (Lipinski definition) is 5. The second-order valence-corrected chi connectivity index (χ2v) is 6.89. The van der Waals surface area contributed by atoms with Crippen LogP contribution in [-0.4, -0.2) is 59.9 Å². The smallest absolute Gasteiger partial charge is 0.414 e. The lowest BCUT2D eigenvalue weighted by Crippen LogP contribution is -2.37. The summed E-state index contributed by atoms with van der Waals surface area (Å²) in [6, 6.07) is 6.93. The Morgan fingerprint density at radius 1 is 1.08 bits per heavy atom. The van der Waals surface area contributed by atoms with Crippen molar-refractivity contribution in [3.8, 4) is 5.75 Å². The average Bonchev–Trinajstić information content (AvgIpc) is 2.51. The van der Waals surface area contributed by atoms with Gasteiger partial charge in [-0.3, -0.25) is 0 Å². The van der Waals surface area contributed by atoms with E-state index in [0.29, 0.717) is 25.3 Å². The first-order valence-electron chi connectivity index (χ1n) is 8.19. The summed E-state index contributed by atoms with van der Waals surface area (Å²) >= 11 is 0. The fourth-order valence-corrected chi connectivity index (χ4v) is 1.90. The summed E-state index contributed by atoms with van der Waals surface area (Å²) in [5, 5.41) is 9.03. The number of aliphatic hydroxyl groups is 1. The molecule has 0 aliphatic carbocycles. The Morgan fingerprint density at radius 2 is 1.68 bits per heavy atom. The molecule has 7 heteroatoms. The number of hydrogen-bond donors (Lipinski definition) is 1. The number of carbonyl (C=O) groups excluding carboxylic acids is 2. The molecule has 7 nitrogen and oxygen atoms in total. The number of aliphatic hydroxyl groups excluding tert-OH is 1. The van der Waals surface area contributed by atoms with Gasteiger partial charge >= 0.3 is 12.2 Å². The molecule has 0 aliphatic rings. The molecule has 140 valence electrons. The average molecular weight is 352 g/mol. The van der Waals surface area contributed by atoms with E-state index in [-0.39, 0.29) is 6.61 Å². The van der Waals surface area contributed by atoms with Crippen LogP contribution in [0, 0.1) is 0 Å². The van der Waals surface area contributed by atoms with Crippen molar-refractivity contribution in [2.75, 3.05) is 27.2 Å². The van der Waals surface area contributed by atoms with Gasteiger partial charge in [0.15, 0.2) is 0 Å². The predicted octanol–water partition coefficient (Wildman–Crippen LogP) is 2.87. The van der Waals surface area contributed by atoms with E-state index in [4.69, 9.17) is 14.6 Å². The summed E-state index contributed by atoms with van der Waals surface area (Å²) in [7, 11) is 3.22. The van der Waals surface area contributed by atoms with Crippen LogP contribution in [0.15, 0.2) is 24.3 Å². The molecule has 0 fully saturated rings. The maximum Gasteiger partial charge on any atom is 0.414 e. The molecule has 1 aromatic carbocycles. The summed E-state index contributed by atoms with van der Waals surface area (Å²) in [4.78, 5) is 26.7. The topological polar surface area (TPSA) is 79.3 Å². The molecular formula is C18H28N2O5. The number of carbonyl (C=O) groups is 2. The Labute approximate surface area is 149 Å². The minimum absolute atomic E-state index is 0.00127. The minimum Gasteiger partial charge on any atom is -0.444 e. The van der Waals surface area contributed by atoms with Crippen molar-refractivity contribution >= 4 is 12.2 Å². The summed E-state index contributed by atoms with van der Waals surface area (Å²) in [5.74, 6) is 0.432. The van der Waals surface area contributed by atoms with Crippen LogP contribution in [-0.2, 0) is 11.3 Å². The molecule has 0 aromatic heterocycles. The molecule has 1 N–H and O–H groups in total. The van der Waals surface area contributed by atoms with Gasteiger partial charge in [-0.05, 0) is 44.9 Å². The number of ether oxygens (including phenoxy) is 2. The van der Waals surface area contributed by atoms with E-state index in [2.05, 4.69) is 0 Å². The molecule has 0 saturated carbocycles. The zero-order chi connectivity index (χ0) is 19.0. The van der Waals surface area contributed by atoms with Crippen LogP contribution in [0.4, 0.5) is 9.59 Å². The highest BCUT2D eigenvalue weighted by Crippen LogP contribution is 2.17. The van der Waals surface area contributed by atoms with Gasteiger partial charge < -0.3 is 24.4 Å². The monoisotopic (exact) mass is 352 g/mol. The first kappa shape index (κ1) is 20.8. The van der Waals surface area contributed by atoms with E-state index in [0.717, 1.165) is 5.56 Å². The molecule has 1 rings (SSSR count). The Bertz CT molecular complexity index is 564. The molecule has 0 atom stereocenters. The third-order valence-corrected chi connectivity index (χ3v) is 3.10. The van der Waals surface area contributed by atoms with Crippen LogP contribution >= 0.6 is 0 Å². The van der Waals surface area contributed by atoms with Gasteiger partial charge in [0.05, 0.1) is 0 Å². The van der Waals surface area contributed by atoms with Gasteiger partial charge in [0.1, 0.15) is 11.4 Å². The summed E-state index contributed by atoms with van der Waals surface area (Å²) in [6.45, 7) is 6.16. The van der Waals surface area contributed by atoms with Crippen molar-refractivity contribution in [2.24, 2.45) is 0 Å². The zero-order valence-corrected chi connectivity index (χ0v) is 15.6. The van der Waals surface area contributed by atoms with Crippen molar-refractivity contribution < 1.29 is 24.2 Å². The third kappa shape index (κ3) is 7.89. The van der Waals surface area contributed by atoms with Crippen molar-refractivity contribution in [3.05, 3.63) is 29.8 Å². The fraction of sp³-hybridized carbons (Fsp3) is 0.556. The summed E-state index contributed by atoms with van der Waals surface area (Å²) in [6.07, 6.45) is -0.409. The highest BCUT2D eigenvalue weighted by atomic mass is 16.6. The number of nitrogens with zero attached hydrogens (tertiary/aromatic N) is 2. The van der Waals surface area contributed by atoms with E-state index in [1.54, 1.807) is 43.3 Å². The second-order valence-electron chi connectivity index (χ2n) is 6.89. The van der Waals surface area contributed by atoms with Crippen LogP contribution in [0.3, 0.4) is 0 Å². The standard InChI is InChI=1S/C18H28N2O5/c1-18(2,3)25-17(23)20(11-6-12-21)13-14-7-9-15(10-8-14)24-16(22)19(4)5/h7-10,21H,6,11-13H2,1-5H3. The van der Waals surface area contributed by atoms with E-state index in [9.17, 15) is 9.59 Å². The predicted molar refractivity (Wildman–Crippen MR) is 94.5 cm³/mol. The lowest BCUT2D eigenvalue weighted by molar-refractivity contribution is 0.0224. The summed E-state index contributed by atoms with van der Waals surface area (Å²) < 4.78 is 10.6. The van der Waals surface area contributed by atoms with Crippen molar-refractivity contribution in [2.45, 2.75) is 39.3 Å². The van der Waals surface area contributed by atoms with Crippen LogP contribution in [0.2, 0.25) is 0 Å². The largest absolute Gasteiger partial charge is 0.444 e. The molecular weight excluding hydrogens is 324 g/mol. The number of amides is 2. The first-order valence-corrected chi connectivity index (χ1v) is 8.19. The molecule has 0 aliphatic heterocycles. The Kier molecular flexibility index (Phi) is 7.70. The quantitative estimate of drug-likeness (QED) is 0.851. The molecule has 25 heavy (non-hydrogen) atoms. The lowest BCUT2D eigenvalue weighted by Gasteiger charge is -2.27. The molecule has 0 saturated heterocycles. The molecule has 0 heterocycles. The van der Waals surface area contributed by atoms with E-state index >= 15 is 0 Å². The van der Waals surface area contributed by atoms with Gasteiger partial charge in [0.2, 0.25) is 0 Å². The number of benzene rings is 1. The lowest BCUT2D eigenvalue weighted by atomic mass is 10.2. The van der Waals surface area contributed by atoms with Gasteiger partial charge in [0.25, 0.3) is 0 Å². The maximum absolute atomic E-state index is 12.3. The van der Waals surface area contributed by atoms with Crippen LogP contribution < -0.4 is 4.74 Å². The first-order chi connectivity index (χ1) is 11.6. The van der Waals surface area contributed by atoms with Crippen molar-refractivity contribution in [1.29, 1.82) is 0 Å². The van der Waals surface area contributed by atoms with Crippen molar-refractivity contribution in [1.82, 2.24) is 9.80 Å². The van der Waals surface area contributed by atoms with Gasteiger partial charge in [-0.2, -0.15) is 0 Å². The van der Waals surface area contributed by atoms with Crippen LogP contribution in [0.1, 0.15) is 32.8 Å². The van der Waals surface area contributed by atoms with E-state index in [1.807, 2.05) is 20.8 Å². The molecule has 0 unspecified atom stereocenters. The molecule has 2 amide bonds. The van der Waals surface area contributed by atoms with Gasteiger partial charge in [0, 0.05) is 33.8 Å². The molecule has 0 spiro atoms. The SMILES string of the molecule is CN(C)C(=O)Oc1ccc(CN(CCCO)C(=O)OC(C)(C)C)cc1. The number of rotatable bonds is 6. The van der Waals surface area contributed by atoms with E-state index < -0.39 is 17.8 Å². The van der Waals surface area contributed by atoms with Gasteiger partial charge in [-0.1, -0.05) is 12.1 Å². The Hall–Kier alpha value is -2.28. The zero-order valence-electron chi connectivity index (χ0n) is 15.6. The van der Waals surface area contributed by atoms with Gasteiger partial charge in [-0.25, -0.2) is 9.59 Å². The third-order valence-electron chi connectivity index (χ3n) is 3.10. The molecule has 1 aromatic rings. The minimum atomic E-state index is -0.585. The summed E-state index contributed by atoms with van der Waals surface area (Å²) in [5.41, 5.74) is 0.284. The van der Waals surface area contributed by atoms with Crippen LogP contribution in [0.25, 0.3) is 0 Å². The Balaban J connectivity index is 2.76. The molecule has 0 radical (unpaired) electrons. The van der Waals surface area contributed by atoms with E-state index in [1.165, 1.54) is 4.90 Å². The normalized spacial score (nSPS) is 11.0. The van der Waals surface area contributed by atoms with Gasteiger partial charge in [-0.15, -0.1) is 0 Å².